The van der Waals surface area contributed by atoms with Crippen molar-refractivity contribution in [2.24, 2.45) is 0 Å². The van der Waals surface area contributed by atoms with Crippen molar-refractivity contribution in [1.82, 2.24) is 5.32 Å². The summed E-state index contributed by atoms with van der Waals surface area (Å²) >= 11 is 0. The predicted octanol–water partition coefficient (Wildman–Crippen LogP) is 2.09. The molecule has 0 spiro atoms. The van der Waals surface area contributed by atoms with Gasteiger partial charge in [-0.05, 0) is 26.3 Å². The molecule has 0 heterocycles. The van der Waals surface area contributed by atoms with Crippen molar-refractivity contribution in [3.8, 4) is 0 Å². The summed E-state index contributed by atoms with van der Waals surface area (Å²) in [5, 5.41) is 3.30. The van der Waals surface area contributed by atoms with Gasteiger partial charge in [-0.3, -0.25) is 5.32 Å². The number of ether oxygens (including phenoxy) is 2. The number of rotatable bonds is 7. The third-order valence-electron chi connectivity index (χ3n) is 2.79. The van der Waals surface area contributed by atoms with Crippen molar-refractivity contribution in [3.63, 3.8) is 0 Å². The highest BCUT2D eigenvalue weighted by Crippen LogP contribution is 2.24. The third kappa shape index (κ3) is 3.78. The molecule has 0 bridgehead atoms. The van der Waals surface area contributed by atoms with E-state index in [9.17, 15) is 4.79 Å². The van der Waals surface area contributed by atoms with Gasteiger partial charge in [-0.2, -0.15) is 0 Å². The van der Waals surface area contributed by atoms with E-state index in [0.717, 1.165) is 5.56 Å². The van der Waals surface area contributed by atoms with E-state index in [2.05, 4.69) is 5.32 Å². The molecule has 0 aliphatic carbocycles. The molecule has 1 aromatic rings. The van der Waals surface area contributed by atoms with Crippen molar-refractivity contribution in [2.45, 2.75) is 32.4 Å². The molecule has 1 aromatic carbocycles. The Morgan fingerprint density at radius 3 is 2.42 bits per heavy atom. The summed E-state index contributed by atoms with van der Waals surface area (Å²) in [6.45, 7) is 6.36. The second kappa shape index (κ2) is 7.26. The maximum absolute atomic E-state index is 12.4. The molecular formula is C15H23NO3. The summed E-state index contributed by atoms with van der Waals surface area (Å²) in [7, 11) is 1.58. The van der Waals surface area contributed by atoms with Crippen LogP contribution in [-0.2, 0) is 19.8 Å². The molecular weight excluding hydrogens is 242 g/mol. The summed E-state index contributed by atoms with van der Waals surface area (Å²) < 4.78 is 10.5. The second-order valence-corrected chi connectivity index (χ2v) is 4.72. The standard InChI is InChI=1S/C15H23NO3/c1-5-19-14(17)15(11-18-4,16-12(2)3)13-9-7-6-8-10-13/h6-10,12,16H,5,11H2,1-4H3. The lowest BCUT2D eigenvalue weighted by molar-refractivity contribution is -0.154. The molecule has 1 N–H and O–H groups in total. The highest BCUT2D eigenvalue weighted by molar-refractivity contribution is 5.83. The zero-order chi connectivity index (χ0) is 14.3. The Kier molecular flexibility index (Phi) is 5.99. The van der Waals surface area contributed by atoms with Crippen LogP contribution >= 0.6 is 0 Å². The maximum atomic E-state index is 12.4. The van der Waals surface area contributed by atoms with E-state index in [1.807, 2.05) is 44.2 Å². The van der Waals surface area contributed by atoms with Gasteiger partial charge < -0.3 is 9.47 Å². The van der Waals surface area contributed by atoms with Crippen molar-refractivity contribution < 1.29 is 14.3 Å². The van der Waals surface area contributed by atoms with E-state index in [0.29, 0.717) is 6.61 Å². The lowest BCUT2D eigenvalue weighted by atomic mass is 9.89. The normalized spacial score (nSPS) is 14.2. The molecule has 4 heteroatoms. The van der Waals surface area contributed by atoms with E-state index >= 15 is 0 Å². The predicted molar refractivity (Wildman–Crippen MR) is 74.9 cm³/mol. The van der Waals surface area contributed by atoms with Gasteiger partial charge >= 0.3 is 5.97 Å². The van der Waals surface area contributed by atoms with Crippen LogP contribution in [0.3, 0.4) is 0 Å². The quantitative estimate of drug-likeness (QED) is 0.767. The van der Waals surface area contributed by atoms with Crippen LogP contribution < -0.4 is 5.32 Å². The SMILES string of the molecule is CCOC(=O)C(COC)(NC(C)C)c1ccccc1. The molecule has 0 aromatic heterocycles. The molecule has 1 atom stereocenters. The Morgan fingerprint density at radius 2 is 1.95 bits per heavy atom. The first-order valence-corrected chi connectivity index (χ1v) is 6.56. The summed E-state index contributed by atoms with van der Waals surface area (Å²) in [4.78, 5) is 12.4. The van der Waals surface area contributed by atoms with Crippen LogP contribution in [0, 0.1) is 0 Å². The Morgan fingerprint density at radius 1 is 1.32 bits per heavy atom. The molecule has 0 fully saturated rings. The fourth-order valence-corrected chi connectivity index (χ4v) is 2.13. The molecule has 0 aliphatic rings. The fourth-order valence-electron chi connectivity index (χ4n) is 2.13. The lowest BCUT2D eigenvalue weighted by Gasteiger charge is -2.34. The van der Waals surface area contributed by atoms with Crippen LogP contribution in [0.5, 0.6) is 0 Å². The number of carbonyl (C=O) groups is 1. The highest BCUT2D eigenvalue weighted by atomic mass is 16.5. The largest absolute Gasteiger partial charge is 0.464 e. The van der Waals surface area contributed by atoms with Crippen molar-refractivity contribution in [3.05, 3.63) is 35.9 Å². The summed E-state index contributed by atoms with van der Waals surface area (Å²) in [5.74, 6) is -0.309. The van der Waals surface area contributed by atoms with Crippen molar-refractivity contribution >= 4 is 5.97 Å². The molecule has 0 radical (unpaired) electrons. The molecule has 0 saturated heterocycles. The molecule has 4 nitrogen and oxygen atoms in total. The first-order chi connectivity index (χ1) is 9.06. The minimum absolute atomic E-state index is 0.125. The average molecular weight is 265 g/mol. The number of nitrogens with one attached hydrogen (secondary N) is 1. The smallest absolute Gasteiger partial charge is 0.333 e. The van der Waals surface area contributed by atoms with Gasteiger partial charge in [-0.25, -0.2) is 4.79 Å². The number of benzene rings is 1. The second-order valence-electron chi connectivity index (χ2n) is 4.72. The highest BCUT2D eigenvalue weighted by Gasteiger charge is 2.42. The van der Waals surface area contributed by atoms with E-state index in [4.69, 9.17) is 9.47 Å². The number of methoxy groups -OCH3 is 1. The van der Waals surface area contributed by atoms with Crippen LogP contribution in [0.25, 0.3) is 0 Å². The first kappa shape index (κ1) is 15.7. The molecule has 106 valence electrons. The van der Waals surface area contributed by atoms with Gasteiger partial charge in [0.05, 0.1) is 13.2 Å². The summed E-state index contributed by atoms with van der Waals surface area (Å²) in [6, 6.07) is 9.67. The molecule has 0 aliphatic heterocycles. The van der Waals surface area contributed by atoms with Crippen molar-refractivity contribution in [2.75, 3.05) is 20.3 Å². The van der Waals surface area contributed by atoms with Crippen LogP contribution in [0.15, 0.2) is 30.3 Å². The minimum Gasteiger partial charge on any atom is -0.464 e. The molecule has 1 unspecified atom stereocenters. The van der Waals surface area contributed by atoms with Crippen molar-refractivity contribution in [1.29, 1.82) is 0 Å². The Bertz CT molecular complexity index is 392. The third-order valence-corrected chi connectivity index (χ3v) is 2.79. The topological polar surface area (TPSA) is 47.6 Å². The molecule has 0 amide bonds. The maximum Gasteiger partial charge on any atom is 0.333 e. The van der Waals surface area contributed by atoms with Gasteiger partial charge in [0.2, 0.25) is 0 Å². The Labute approximate surface area is 115 Å². The zero-order valence-corrected chi connectivity index (χ0v) is 12.1. The number of carbonyl (C=O) groups excluding carboxylic acids is 1. The van der Waals surface area contributed by atoms with E-state index in [1.165, 1.54) is 0 Å². The molecule has 19 heavy (non-hydrogen) atoms. The zero-order valence-electron chi connectivity index (χ0n) is 12.1. The summed E-state index contributed by atoms with van der Waals surface area (Å²) in [6.07, 6.45) is 0. The first-order valence-electron chi connectivity index (χ1n) is 6.56. The van der Waals surface area contributed by atoms with E-state index in [1.54, 1.807) is 14.0 Å². The lowest BCUT2D eigenvalue weighted by Crippen LogP contribution is -2.55. The van der Waals surface area contributed by atoms with E-state index in [-0.39, 0.29) is 18.6 Å². The minimum atomic E-state index is -0.958. The van der Waals surface area contributed by atoms with Crippen LogP contribution in [0.2, 0.25) is 0 Å². The van der Waals surface area contributed by atoms with Crippen LogP contribution in [0.4, 0.5) is 0 Å². The monoisotopic (exact) mass is 265 g/mol. The van der Waals surface area contributed by atoms with Gasteiger partial charge in [0.25, 0.3) is 0 Å². The van der Waals surface area contributed by atoms with E-state index < -0.39 is 5.54 Å². The number of esters is 1. The van der Waals surface area contributed by atoms with Gasteiger partial charge in [-0.15, -0.1) is 0 Å². The van der Waals surface area contributed by atoms with Crippen LogP contribution in [0.1, 0.15) is 26.3 Å². The van der Waals surface area contributed by atoms with Gasteiger partial charge in [0.15, 0.2) is 5.54 Å². The van der Waals surface area contributed by atoms with Crippen LogP contribution in [-0.4, -0.2) is 32.3 Å². The fraction of sp³-hybridized carbons (Fsp3) is 0.533. The number of hydrogen-bond donors (Lipinski definition) is 1. The molecule has 0 saturated carbocycles. The van der Waals surface area contributed by atoms with Gasteiger partial charge in [-0.1, -0.05) is 30.3 Å². The Balaban J connectivity index is 3.22. The van der Waals surface area contributed by atoms with Gasteiger partial charge in [0, 0.05) is 13.2 Å². The van der Waals surface area contributed by atoms with Gasteiger partial charge in [0.1, 0.15) is 0 Å². The summed E-state index contributed by atoms with van der Waals surface area (Å²) in [5.41, 5.74) is -0.107. The average Bonchev–Trinajstić information content (AvgIpc) is 2.39. The Hall–Kier alpha value is -1.39. The number of hydrogen-bond acceptors (Lipinski definition) is 4. The molecule has 1 rings (SSSR count).